The van der Waals surface area contributed by atoms with E-state index in [0.717, 1.165) is 48.5 Å². The van der Waals surface area contributed by atoms with E-state index in [9.17, 15) is 9.59 Å². The molecule has 4 rings (SSSR count). The standard InChI is InChI=1S/C25H31N5O2/c1-5-29(16-18-10-12-19(13-11-18)24(31)28(3)4)25(32)20-15-17(2)26-23-22(20)27-21-9-7-6-8-14-30(21)23/h10-13,15H,5-9,14,16H2,1-4H3. The van der Waals surface area contributed by atoms with Gasteiger partial charge in [-0.05, 0) is 50.5 Å². The summed E-state index contributed by atoms with van der Waals surface area (Å²) in [5.41, 5.74) is 4.61. The third kappa shape index (κ3) is 4.24. The Morgan fingerprint density at radius 2 is 1.78 bits per heavy atom. The third-order valence-electron chi connectivity index (χ3n) is 6.07. The largest absolute Gasteiger partial charge is 0.345 e. The van der Waals surface area contributed by atoms with Crippen molar-refractivity contribution in [2.24, 2.45) is 0 Å². The number of rotatable bonds is 5. The number of carbonyl (C=O) groups excluding carboxylic acids is 2. The summed E-state index contributed by atoms with van der Waals surface area (Å²) in [6.45, 7) is 5.88. The molecule has 2 aromatic heterocycles. The van der Waals surface area contributed by atoms with E-state index in [-0.39, 0.29) is 11.8 Å². The van der Waals surface area contributed by atoms with Gasteiger partial charge in [0.1, 0.15) is 11.3 Å². The summed E-state index contributed by atoms with van der Waals surface area (Å²) >= 11 is 0. The van der Waals surface area contributed by atoms with Crippen molar-refractivity contribution in [1.82, 2.24) is 24.3 Å². The Kier molecular flexibility index (Phi) is 6.26. The molecular weight excluding hydrogens is 402 g/mol. The number of amides is 2. The number of aryl methyl sites for hydroxylation is 3. The molecule has 3 heterocycles. The quantitative estimate of drug-likeness (QED) is 0.613. The molecule has 0 saturated heterocycles. The number of fused-ring (bicyclic) bond motifs is 3. The highest BCUT2D eigenvalue weighted by Gasteiger charge is 2.23. The lowest BCUT2D eigenvalue weighted by atomic mass is 10.1. The van der Waals surface area contributed by atoms with Crippen LogP contribution in [0.25, 0.3) is 11.2 Å². The van der Waals surface area contributed by atoms with E-state index in [1.807, 2.05) is 49.1 Å². The summed E-state index contributed by atoms with van der Waals surface area (Å²) in [7, 11) is 3.47. The Bertz CT molecular complexity index is 1150. The van der Waals surface area contributed by atoms with Crippen LogP contribution in [0.1, 0.15) is 64.0 Å². The predicted octanol–water partition coefficient (Wildman–Crippen LogP) is 3.83. The van der Waals surface area contributed by atoms with E-state index in [4.69, 9.17) is 9.97 Å². The van der Waals surface area contributed by atoms with Crippen molar-refractivity contribution in [2.45, 2.75) is 52.6 Å². The van der Waals surface area contributed by atoms with Crippen molar-refractivity contribution in [3.8, 4) is 0 Å². The molecule has 0 atom stereocenters. The maximum atomic E-state index is 13.6. The van der Waals surface area contributed by atoms with E-state index in [1.54, 1.807) is 19.0 Å². The highest BCUT2D eigenvalue weighted by molar-refractivity contribution is 6.04. The molecule has 3 aromatic rings. The van der Waals surface area contributed by atoms with Crippen molar-refractivity contribution in [3.63, 3.8) is 0 Å². The summed E-state index contributed by atoms with van der Waals surface area (Å²) in [5.74, 6) is 0.965. The molecule has 0 bridgehead atoms. The fraction of sp³-hybridized carbons (Fsp3) is 0.440. The summed E-state index contributed by atoms with van der Waals surface area (Å²) in [6.07, 6.45) is 4.37. The maximum Gasteiger partial charge on any atom is 0.256 e. The van der Waals surface area contributed by atoms with Crippen LogP contribution in [-0.4, -0.2) is 56.8 Å². The molecule has 168 valence electrons. The van der Waals surface area contributed by atoms with Crippen LogP contribution in [0.5, 0.6) is 0 Å². The second-order valence-corrected chi connectivity index (χ2v) is 8.69. The van der Waals surface area contributed by atoms with E-state index in [1.165, 1.54) is 6.42 Å². The average molecular weight is 434 g/mol. The van der Waals surface area contributed by atoms with Crippen molar-refractivity contribution in [1.29, 1.82) is 0 Å². The highest BCUT2D eigenvalue weighted by Crippen LogP contribution is 2.25. The molecule has 1 aliphatic rings. The molecule has 32 heavy (non-hydrogen) atoms. The lowest BCUT2D eigenvalue weighted by molar-refractivity contribution is 0.0753. The number of aromatic nitrogens is 3. The van der Waals surface area contributed by atoms with Crippen LogP contribution in [0.4, 0.5) is 0 Å². The van der Waals surface area contributed by atoms with Crippen LogP contribution in [0.15, 0.2) is 30.3 Å². The Morgan fingerprint density at radius 3 is 2.47 bits per heavy atom. The molecular formula is C25H31N5O2. The second kappa shape index (κ2) is 9.10. The Morgan fingerprint density at radius 1 is 1.03 bits per heavy atom. The van der Waals surface area contributed by atoms with Gasteiger partial charge in [0.15, 0.2) is 5.65 Å². The zero-order valence-electron chi connectivity index (χ0n) is 19.4. The molecule has 0 unspecified atom stereocenters. The summed E-state index contributed by atoms with van der Waals surface area (Å²) in [4.78, 5) is 38.7. The van der Waals surface area contributed by atoms with Crippen LogP contribution in [-0.2, 0) is 19.5 Å². The first-order chi connectivity index (χ1) is 15.4. The molecule has 0 N–H and O–H groups in total. The Balaban J connectivity index is 1.63. The minimum atomic E-state index is -0.0373. The Hall–Kier alpha value is -3.22. The molecule has 1 aromatic carbocycles. The van der Waals surface area contributed by atoms with Gasteiger partial charge in [-0.1, -0.05) is 18.6 Å². The first kappa shape index (κ1) is 22.0. The van der Waals surface area contributed by atoms with Gasteiger partial charge in [0.05, 0.1) is 5.56 Å². The number of carbonyl (C=O) groups is 2. The molecule has 7 heteroatoms. The SMILES string of the molecule is CCN(Cc1ccc(C(=O)N(C)C)cc1)C(=O)c1cc(C)nc2c1nc1n2CCCCC1. The number of imidazole rings is 1. The van der Waals surface area contributed by atoms with Gasteiger partial charge >= 0.3 is 0 Å². The first-order valence-corrected chi connectivity index (χ1v) is 11.4. The van der Waals surface area contributed by atoms with Gasteiger partial charge in [-0.2, -0.15) is 0 Å². The lowest BCUT2D eigenvalue weighted by Crippen LogP contribution is -2.30. The molecule has 0 saturated carbocycles. The van der Waals surface area contributed by atoms with E-state index in [2.05, 4.69) is 4.57 Å². The summed E-state index contributed by atoms with van der Waals surface area (Å²) < 4.78 is 2.20. The van der Waals surface area contributed by atoms with Crippen LogP contribution < -0.4 is 0 Å². The van der Waals surface area contributed by atoms with Crippen molar-refractivity contribution >= 4 is 23.0 Å². The molecule has 0 spiro atoms. The number of nitrogens with zero attached hydrogens (tertiary/aromatic N) is 5. The van der Waals surface area contributed by atoms with Gasteiger partial charge in [-0.25, -0.2) is 9.97 Å². The van der Waals surface area contributed by atoms with Crippen LogP contribution in [0.3, 0.4) is 0 Å². The fourth-order valence-electron chi connectivity index (χ4n) is 4.31. The van der Waals surface area contributed by atoms with Gasteiger partial charge in [0.2, 0.25) is 0 Å². The minimum absolute atomic E-state index is 0.0332. The topological polar surface area (TPSA) is 71.3 Å². The predicted molar refractivity (Wildman–Crippen MR) is 125 cm³/mol. The summed E-state index contributed by atoms with van der Waals surface area (Å²) in [5, 5.41) is 0. The smallest absolute Gasteiger partial charge is 0.256 e. The van der Waals surface area contributed by atoms with Gasteiger partial charge in [0, 0.05) is 51.4 Å². The van der Waals surface area contributed by atoms with Gasteiger partial charge < -0.3 is 14.4 Å². The van der Waals surface area contributed by atoms with Crippen molar-refractivity contribution in [2.75, 3.05) is 20.6 Å². The second-order valence-electron chi connectivity index (χ2n) is 8.69. The lowest BCUT2D eigenvalue weighted by Gasteiger charge is -2.22. The molecule has 2 amide bonds. The maximum absolute atomic E-state index is 13.6. The average Bonchev–Trinajstić information content (AvgIpc) is 2.96. The number of hydrogen-bond donors (Lipinski definition) is 0. The number of pyridine rings is 1. The molecule has 0 fully saturated rings. The van der Waals surface area contributed by atoms with Crippen LogP contribution >= 0.6 is 0 Å². The molecule has 0 aliphatic carbocycles. The van der Waals surface area contributed by atoms with Gasteiger partial charge in [-0.3, -0.25) is 9.59 Å². The number of hydrogen-bond acceptors (Lipinski definition) is 4. The van der Waals surface area contributed by atoms with Crippen molar-refractivity contribution < 1.29 is 9.59 Å². The zero-order chi connectivity index (χ0) is 22.8. The molecule has 1 aliphatic heterocycles. The van der Waals surface area contributed by atoms with Gasteiger partial charge in [-0.15, -0.1) is 0 Å². The molecule has 0 radical (unpaired) electrons. The van der Waals surface area contributed by atoms with E-state index < -0.39 is 0 Å². The van der Waals surface area contributed by atoms with Gasteiger partial charge in [0.25, 0.3) is 11.8 Å². The minimum Gasteiger partial charge on any atom is -0.345 e. The Labute approximate surface area is 189 Å². The highest BCUT2D eigenvalue weighted by atomic mass is 16.2. The summed E-state index contributed by atoms with van der Waals surface area (Å²) in [6, 6.07) is 9.32. The van der Waals surface area contributed by atoms with Crippen LogP contribution in [0, 0.1) is 6.92 Å². The normalized spacial score (nSPS) is 13.5. The van der Waals surface area contributed by atoms with E-state index in [0.29, 0.717) is 29.7 Å². The zero-order valence-corrected chi connectivity index (χ0v) is 19.4. The number of benzene rings is 1. The third-order valence-corrected chi connectivity index (χ3v) is 6.07. The van der Waals surface area contributed by atoms with E-state index >= 15 is 0 Å². The monoisotopic (exact) mass is 433 g/mol. The first-order valence-electron chi connectivity index (χ1n) is 11.4. The molecule has 7 nitrogen and oxygen atoms in total. The fourth-order valence-corrected chi connectivity index (χ4v) is 4.31. The van der Waals surface area contributed by atoms with Crippen LogP contribution in [0.2, 0.25) is 0 Å². The van der Waals surface area contributed by atoms with Crippen molar-refractivity contribution in [3.05, 3.63) is 58.5 Å².